The molecule has 108 valence electrons. The molecule has 2 rings (SSSR count). The van der Waals surface area contributed by atoms with Gasteiger partial charge in [-0.1, -0.05) is 23.7 Å². The van der Waals surface area contributed by atoms with Crippen molar-refractivity contribution in [3.8, 4) is 5.75 Å². The first-order valence-corrected chi connectivity index (χ1v) is 6.62. The number of nitro groups is 1. The van der Waals surface area contributed by atoms with Crippen LogP contribution in [0.5, 0.6) is 5.75 Å². The summed E-state index contributed by atoms with van der Waals surface area (Å²) in [6, 6.07) is 12.6. The molecule has 0 unspecified atom stereocenters. The van der Waals surface area contributed by atoms with Crippen LogP contribution in [0.1, 0.15) is 12.0 Å². The van der Waals surface area contributed by atoms with Gasteiger partial charge in [0.15, 0.2) is 0 Å². The van der Waals surface area contributed by atoms with Crippen molar-refractivity contribution < 1.29 is 14.5 Å². The molecule has 0 amide bonds. The molecule has 0 saturated carbocycles. The summed E-state index contributed by atoms with van der Waals surface area (Å²) in [5.41, 5.74) is 0.900. The maximum Gasteiger partial charge on any atom is 0.311 e. The van der Waals surface area contributed by atoms with Gasteiger partial charge in [0.25, 0.3) is 5.69 Å². The van der Waals surface area contributed by atoms with Crippen LogP contribution in [0, 0.1) is 10.1 Å². The van der Waals surface area contributed by atoms with E-state index in [-0.39, 0.29) is 17.9 Å². The number of esters is 1. The van der Waals surface area contributed by atoms with Crippen LogP contribution < -0.4 is 4.74 Å². The van der Waals surface area contributed by atoms with Gasteiger partial charge in [0.2, 0.25) is 0 Å². The van der Waals surface area contributed by atoms with Gasteiger partial charge in [0.05, 0.1) is 4.92 Å². The molecule has 0 radical (unpaired) electrons. The highest BCUT2D eigenvalue weighted by molar-refractivity contribution is 6.30. The van der Waals surface area contributed by atoms with Crippen LogP contribution >= 0.6 is 11.6 Å². The Kier molecular flexibility index (Phi) is 4.90. The second-order valence-corrected chi connectivity index (χ2v) is 4.79. The van der Waals surface area contributed by atoms with Crippen molar-refractivity contribution in [2.75, 3.05) is 0 Å². The van der Waals surface area contributed by atoms with E-state index in [2.05, 4.69) is 0 Å². The normalized spacial score (nSPS) is 10.1. The Hall–Kier alpha value is -2.40. The summed E-state index contributed by atoms with van der Waals surface area (Å²) in [7, 11) is 0. The van der Waals surface area contributed by atoms with Gasteiger partial charge in [-0.2, -0.15) is 0 Å². The summed E-state index contributed by atoms with van der Waals surface area (Å²) < 4.78 is 5.11. The van der Waals surface area contributed by atoms with Crippen LogP contribution in [0.4, 0.5) is 5.69 Å². The Balaban J connectivity index is 1.88. The predicted octanol–water partition coefficient (Wildman–Crippen LogP) is 3.79. The minimum Gasteiger partial charge on any atom is -0.427 e. The van der Waals surface area contributed by atoms with Gasteiger partial charge in [0, 0.05) is 23.6 Å². The van der Waals surface area contributed by atoms with Crippen LogP contribution in [0.25, 0.3) is 0 Å². The van der Waals surface area contributed by atoms with E-state index in [0.29, 0.717) is 11.4 Å². The SMILES string of the molecule is O=C(CCc1cccc(Cl)c1)Oc1ccc([N+](=O)[O-])cc1. The third-order valence-corrected chi connectivity index (χ3v) is 3.02. The van der Waals surface area contributed by atoms with E-state index in [1.54, 1.807) is 12.1 Å². The molecule has 2 aromatic carbocycles. The Bertz CT molecular complexity index is 655. The Labute approximate surface area is 126 Å². The maximum absolute atomic E-state index is 11.7. The molecule has 0 spiro atoms. The van der Waals surface area contributed by atoms with E-state index < -0.39 is 10.9 Å². The third kappa shape index (κ3) is 4.57. The van der Waals surface area contributed by atoms with Crippen LogP contribution in [0.15, 0.2) is 48.5 Å². The number of non-ortho nitro benzene ring substituents is 1. The van der Waals surface area contributed by atoms with Crippen LogP contribution in [-0.4, -0.2) is 10.9 Å². The lowest BCUT2D eigenvalue weighted by atomic mass is 10.1. The van der Waals surface area contributed by atoms with E-state index in [1.165, 1.54) is 24.3 Å². The van der Waals surface area contributed by atoms with Crippen molar-refractivity contribution in [2.24, 2.45) is 0 Å². The smallest absolute Gasteiger partial charge is 0.311 e. The highest BCUT2D eigenvalue weighted by atomic mass is 35.5. The quantitative estimate of drug-likeness (QED) is 0.365. The van der Waals surface area contributed by atoms with Crippen LogP contribution in [0.3, 0.4) is 0 Å². The van der Waals surface area contributed by atoms with E-state index >= 15 is 0 Å². The molecule has 5 nitrogen and oxygen atoms in total. The molecule has 0 aliphatic rings. The number of nitrogens with zero attached hydrogens (tertiary/aromatic N) is 1. The number of halogens is 1. The third-order valence-electron chi connectivity index (χ3n) is 2.79. The van der Waals surface area contributed by atoms with E-state index in [0.717, 1.165) is 5.56 Å². The number of carbonyl (C=O) groups excluding carboxylic acids is 1. The van der Waals surface area contributed by atoms with Crippen molar-refractivity contribution >= 4 is 23.3 Å². The molecule has 0 aliphatic carbocycles. The Morgan fingerprint density at radius 1 is 1.19 bits per heavy atom. The van der Waals surface area contributed by atoms with Gasteiger partial charge < -0.3 is 4.74 Å². The standard InChI is InChI=1S/C15H12ClNO4/c16-12-3-1-2-11(10-12)4-9-15(18)21-14-7-5-13(6-8-14)17(19)20/h1-3,5-8,10H,4,9H2. The highest BCUT2D eigenvalue weighted by Crippen LogP contribution is 2.18. The van der Waals surface area contributed by atoms with E-state index in [4.69, 9.17) is 16.3 Å². The number of ether oxygens (including phenoxy) is 1. The number of benzene rings is 2. The zero-order valence-electron chi connectivity index (χ0n) is 11.0. The first kappa shape index (κ1) is 15.0. The molecule has 0 atom stereocenters. The maximum atomic E-state index is 11.7. The van der Waals surface area contributed by atoms with Gasteiger partial charge in [0.1, 0.15) is 5.75 Å². The second kappa shape index (κ2) is 6.85. The molecule has 0 bridgehead atoms. The molecule has 0 aromatic heterocycles. The van der Waals surface area contributed by atoms with Crippen molar-refractivity contribution in [1.29, 1.82) is 0 Å². The van der Waals surface area contributed by atoms with E-state index in [9.17, 15) is 14.9 Å². The van der Waals surface area contributed by atoms with Crippen molar-refractivity contribution in [3.63, 3.8) is 0 Å². The minimum atomic E-state index is -0.509. The molecule has 0 heterocycles. The highest BCUT2D eigenvalue weighted by Gasteiger charge is 2.08. The molecule has 0 saturated heterocycles. The predicted molar refractivity (Wildman–Crippen MR) is 78.5 cm³/mol. The summed E-state index contributed by atoms with van der Waals surface area (Å²) in [6.45, 7) is 0. The fourth-order valence-corrected chi connectivity index (χ4v) is 1.97. The molecule has 6 heteroatoms. The molecule has 2 aromatic rings. The zero-order valence-corrected chi connectivity index (χ0v) is 11.7. The second-order valence-electron chi connectivity index (χ2n) is 4.36. The van der Waals surface area contributed by atoms with Gasteiger partial charge in [-0.15, -0.1) is 0 Å². The fraction of sp³-hybridized carbons (Fsp3) is 0.133. The average molecular weight is 306 g/mol. The summed E-state index contributed by atoms with van der Waals surface area (Å²) in [6.07, 6.45) is 0.726. The summed E-state index contributed by atoms with van der Waals surface area (Å²) >= 11 is 5.86. The molecular formula is C15H12ClNO4. The first-order chi connectivity index (χ1) is 10.0. The van der Waals surface area contributed by atoms with Crippen LogP contribution in [0.2, 0.25) is 5.02 Å². The number of hydrogen-bond acceptors (Lipinski definition) is 4. The number of hydrogen-bond donors (Lipinski definition) is 0. The van der Waals surface area contributed by atoms with Gasteiger partial charge in [-0.25, -0.2) is 0 Å². The first-order valence-electron chi connectivity index (χ1n) is 6.24. The summed E-state index contributed by atoms with van der Waals surface area (Å²) in [4.78, 5) is 21.7. The van der Waals surface area contributed by atoms with E-state index in [1.807, 2.05) is 12.1 Å². The Morgan fingerprint density at radius 2 is 1.90 bits per heavy atom. The lowest BCUT2D eigenvalue weighted by molar-refractivity contribution is -0.384. The topological polar surface area (TPSA) is 69.4 Å². The van der Waals surface area contributed by atoms with Gasteiger partial charge in [-0.3, -0.25) is 14.9 Å². The average Bonchev–Trinajstić information content (AvgIpc) is 2.46. The molecule has 0 fully saturated rings. The Morgan fingerprint density at radius 3 is 2.52 bits per heavy atom. The number of nitro benzene ring substituents is 1. The monoisotopic (exact) mass is 305 g/mol. The van der Waals surface area contributed by atoms with Crippen molar-refractivity contribution in [3.05, 3.63) is 69.2 Å². The zero-order chi connectivity index (χ0) is 15.2. The number of rotatable bonds is 5. The molecular weight excluding hydrogens is 294 g/mol. The molecule has 21 heavy (non-hydrogen) atoms. The van der Waals surface area contributed by atoms with Gasteiger partial charge in [-0.05, 0) is 36.2 Å². The van der Waals surface area contributed by atoms with Gasteiger partial charge >= 0.3 is 5.97 Å². The fourth-order valence-electron chi connectivity index (χ4n) is 1.76. The molecule has 0 N–H and O–H groups in total. The minimum absolute atomic E-state index is 0.0475. The largest absolute Gasteiger partial charge is 0.427 e. The molecule has 0 aliphatic heterocycles. The lowest BCUT2D eigenvalue weighted by Gasteiger charge is -2.04. The van der Waals surface area contributed by atoms with Crippen molar-refractivity contribution in [2.45, 2.75) is 12.8 Å². The van der Waals surface area contributed by atoms with Crippen LogP contribution in [-0.2, 0) is 11.2 Å². The van der Waals surface area contributed by atoms with Crippen molar-refractivity contribution in [1.82, 2.24) is 0 Å². The summed E-state index contributed by atoms with van der Waals surface area (Å²) in [5, 5.41) is 11.1. The number of aryl methyl sites for hydroxylation is 1. The number of carbonyl (C=O) groups is 1. The summed E-state index contributed by atoms with van der Waals surface area (Å²) in [5.74, 6) is -0.111. The lowest BCUT2D eigenvalue weighted by Crippen LogP contribution is -2.09.